The average molecular weight is 222 g/mol. The lowest BCUT2D eigenvalue weighted by molar-refractivity contribution is -0.150. The number of rotatable bonds is 5. The molecule has 0 heterocycles. The first-order valence-electron chi connectivity index (χ1n) is 4.97. The fourth-order valence-corrected chi connectivity index (χ4v) is 1.51. The van der Waals surface area contributed by atoms with Crippen LogP contribution in [0.15, 0.2) is 30.3 Å². The van der Waals surface area contributed by atoms with E-state index in [1.807, 2.05) is 30.3 Å². The molecule has 1 N–H and O–H groups in total. The number of methoxy groups -OCH3 is 1. The summed E-state index contributed by atoms with van der Waals surface area (Å²) in [6.07, 6.45) is 0.182. The first kappa shape index (κ1) is 12.2. The third kappa shape index (κ3) is 3.73. The molecule has 4 nitrogen and oxygen atoms in total. The topological polar surface area (TPSA) is 63.6 Å². The first-order chi connectivity index (χ1) is 7.63. The zero-order valence-corrected chi connectivity index (χ0v) is 9.05. The largest absolute Gasteiger partial charge is 0.481 e. The number of carboxylic acids is 1. The molecular formula is C12H14O4. The van der Waals surface area contributed by atoms with E-state index in [-0.39, 0.29) is 6.42 Å². The van der Waals surface area contributed by atoms with Crippen molar-refractivity contribution in [3.8, 4) is 0 Å². The average Bonchev–Trinajstić information content (AvgIpc) is 2.28. The Bertz CT molecular complexity index is 359. The minimum atomic E-state index is -0.994. The smallest absolute Gasteiger partial charge is 0.309 e. The number of carbonyl (C=O) groups is 2. The summed E-state index contributed by atoms with van der Waals surface area (Å²) in [4.78, 5) is 22.0. The highest BCUT2D eigenvalue weighted by Gasteiger charge is 2.22. The summed E-state index contributed by atoms with van der Waals surface area (Å²) in [5.41, 5.74) is 0.930. The monoisotopic (exact) mass is 222 g/mol. The summed E-state index contributed by atoms with van der Waals surface area (Å²) >= 11 is 0. The Kier molecular flexibility index (Phi) is 4.51. The molecule has 0 aliphatic carbocycles. The van der Waals surface area contributed by atoms with Crippen LogP contribution in [0.25, 0.3) is 0 Å². The van der Waals surface area contributed by atoms with E-state index in [4.69, 9.17) is 5.11 Å². The van der Waals surface area contributed by atoms with Crippen LogP contribution in [-0.4, -0.2) is 24.2 Å². The molecule has 0 bridgehead atoms. The predicted octanol–water partition coefficient (Wildman–Crippen LogP) is 1.49. The third-order valence-corrected chi connectivity index (χ3v) is 2.28. The van der Waals surface area contributed by atoms with E-state index in [9.17, 15) is 9.59 Å². The van der Waals surface area contributed by atoms with E-state index in [1.165, 1.54) is 7.11 Å². The minimum Gasteiger partial charge on any atom is -0.481 e. The maximum absolute atomic E-state index is 11.4. The Morgan fingerprint density at radius 1 is 1.31 bits per heavy atom. The van der Waals surface area contributed by atoms with E-state index in [2.05, 4.69) is 4.74 Å². The Morgan fingerprint density at radius 2 is 1.94 bits per heavy atom. The molecule has 16 heavy (non-hydrogen) atoms. The van der Waals surface area contributed by atoms with Gasteiger partial charge in [-0.05, 0) is 12.0 Å². The van der Waals surface area contributed by atoms with E-state index >= 15 is 0 Å². The van der Waals surface area contributed by atoms with Crippen LogP contribution in [0.4, 0.5) is 0 Å². The third-order valence-electron chi connectivity index (χ3n) is 2.28. The number of carbonyl (C=O) groups excluding carboxylic acids is 1. The van der Waals surface area contributed by atoms with Crippen LogP contribution in [0.5, 0.6) is 0 Å². The molecule has 4 heteroatoms. The van der Waals surface area contributed by atoms with Crippen LogP contribution in [-0.2, 0) is 20.7 Å². The van der Waals surface area contributed by atoms with Crippen LogP contribution < -0.4 is 0 Å². The second kappa shape index (κ2) is 5.90. The van der Waals surface area contributed by atoms with Crippen molar-refractivity contribution in [3.05, 3.63) is 35.9 Å². The van der Waals surface area contributed by atoms with Crippen LogP contribution in [0.3, 0.4) is 0 Å². The van der Waals surface area contributed by atoms with Crippen LogP contribution in [0.1, 0.15) is 12.0 Å². The molecule has 0 aromatic heterocycles. The Labute approximate surface area is 93.9 Å². The number of hydrogen-bond acceptors (Lipinski definition) is 3. The fraction of sp³-hybridized carbons (Fsp3) is 0.333. The zero-order valence-electron chi connectivity index (χ0n) is 9.05. The summed E-state index contributed by atoms with van der Waals surface area (Å²) in [5, 5.41) is 8.70. The highest BCUT2D eigenvalue weighted by Crippen LogP contribution is 2.13. The van der Waals surface area contributed by atoms with Crippen molar-refractivity contribution in [3.63, 3.8) is 0 Å². The SMILES string of the molecule is COC(=O)C(CC(=O)O)Cc1ccccc1. The van der Waals surface area contributed by atoms with Gasteiger partial charge in [-0.2, -0.15) is 0 Å². The van der Waals surface area contributed by atoms with E-state index < -0.39 is 17.9 Å². The standard InChI is InChI=1S/C12H14O4/c1-16-12(15)10(8-11(13)14)7-9-5-3-2-4-6-9/h2-6,10H,7-8H2,1H3,(H,13,14). The molecule has 1 atom stereocenters. The highest BCUT2D eigenvalue weighted by atomic mass is 16.5. The van der Waals surface area contributed by atoms with Crippen LogP contribution >= 0.6 is 0 Å². The second-order valence-corrected chi connectivity index (χ2v) is 3.51. The van der Waals surface area contributed by atoms with Gasteiger partial charge in [-0.25, -0.2) is 0 Å². The molecule has 0 saturated heterocycles. The lowest BCUT2D eigenvalue weighted by Crippen LogP contribution is -2.21. The van der Waals surface area contributed by atoms with Gasteiger partial charge in [-0.15, -0.1) is 0 Å². The normalized spacial score (nSPS) is 11.8. The number of esters is 1. The van der Waals surface area contributed by atoms with Gasteiger partial charge in [-0.3, -0.25) is 9.59 Å². The number of hydrogen-bond donors (Lipinski definition) is 1. The molecule has 1 aromatic rings. The second-order valence-electron chi connectivity index (χ2n) is 3.51. The Hall–Kier alpha value is -1.84. The maximum atomic E-state index is 11.4. The number of ether oxygens (including phenoxy) is 1. The van der Waals surface area contributed by atoms with Gasteiger partial charge in [-0.1, -0.05) is 30.3 Å². The van der Waals surface area contributed by atoms with E-state index in [0.717, 1.165) is 5.56 Å². The zero-order chi connectivity index (χ0) is 12.0. The van der Waals surface area contributed by atoms with Gasteiger partial charge in [0.2, 0.25) is 0 Å². The number of aliphatic carboxylic acids is 1. The first-order valence-corrected chi connectivity index (χ1v) is 4.97. The summed E-state index contributed by atoms with van der Waals surface area (Å²) in [5.74, 6) is -2.09. The van der Waals surface area contributed by atoms with Crippen molar-refractivity contribution in [2.45, 2.75) is 12.8 Å². The molecule has 0 amide bonds. The lowest BCUT2D eigenvalue weighted by Gasteiger charge is -2.12. The van der Waals surface area contributed by atoms with Crippen molar-refractivity contribution in [1.82, 2.24) is 0 Å². The summed E-state index contributed by atoms with van der Waals surface area (Å²) in [6.45, 7) is 0. The molecular weight excluding hydrogens is 208 g/mol. The minimum absolute atomic E-state index is 0.207. The maximum Gasteiger partial charge on any atom is 0.309 e. The van der Waals surface area contributed by atoms with Gasteiger partial charge in [0.05, 0.1) is 19.4 Å². The predicted molar refractivity (Wildman–Crippen MR) is 57.9 cm³/mol. The van der Waals surface area contributed by atoms with Crippen molar-refractivity contribution in [1.29, 1.82) is 0 Å². The van der Waals surface area contributed by atoms with Crippen LogP contribution in [0.2, 0.25) is 0 Å². The van der Waals surface area contributed by atoms with Gasteiger partial charge in [0.25, 0.3) is 0 Å². The Morgan fingerprint density at radius 3 is 2.44 bits per heavy atom. The number of carboxylic acid groups (broad SMARTS) is 1. The highest BCUT2D eigenvalue weighted by molar-refractivity contribution is 5.79. The molecule has 1 unspecified atom stereocenters. The van der Waals surface area contributed by atoms with Crippen molar-refractivity contribution in [2.75, 3.05) is 7.11 Å². The molecule has 1 aromatic carbocycles. The molecule has 0 aliphatic heterocycles. The summed E-state index contributed by atoms with van der Waals surface area (Å²) < 4.78 is 4.58. The van der Waals surface area contributed by atoms with Gasteiger partial charge in [0, 0.05) is 0 Å². The number of benzene rings is 1. The van der Waals surface area contributed by atoms with Crippen LogP contribution in [0, 0.1) is 5.92 Å². The fourth-order valence-electron chi connectivity index (χ4n) is 1.51. The molecule has 0 spiro atoms. The van der Waals surface area contributed by atoms with Crippen molar-refractivity contribution < 1.29 is 19.4 Å². The molecule has 86 valence electrons. The van der Waals surface area contributed by atoms with E-state index in [1.54, 1.807) is 0 Å². The van der Waals surface area contributed by atoms with Crippen molar-refractivity contribution in [2.24, 2.45) is 5.92 Å². The van der Waals surface area contributed by atoms with Gasteiger partial charge in [0.1, 0.15) is 0 Å². The van der Waals surface area contributed by atoms with Gasteiger partial charge in [0.15, 0.2) is 0 Å². The van der Waals surface area contributed by atoms with E-state index in [0.29, 0.717) is 6.42 Å². The molecule has 1 rings (SSSR count). The quantitative estimate of drug-likeness (QED) is 0.767. The van der Waals surface area contributed by atoms with Gasteiger partial charge < -0.3 is 9.84 Å². The van der Waals surface area contributed by atoms with Crippen molar-refractivity contribution >= 4 is 11.9 Å². The molecule has 0 saturated carbocycles. The summed E-state index contributed by atoms with van der Waals surface area (Å²) in [7, 11) is 1.27. The lowest BCUT2D eigenvalue weighted by atomic mass is 9.96. The molecule has 0 fully saturated rings. The summed E-state index contributed by atoms with van der Waals surface area (Å²) in [6, 6.07) is 9.29. The Balaban J connectivity index is 2.70. The molecule has 0 radical (unpaired) electrons. The van der Waals surface area contributed by atoms with Gasteiger partial charge >= 0.3 is 11.9 Å². The molecule has 0 aliphatic rings.